The van der Waals surface area contributed by atoms with Gasteiger partial charge < -0.3 is 4.57 Å². The Hall–Kier alpha value is -1.22. The van der Waals surface area contributed by atoms with Crippen LogP contribution in [-0.4, -0.2) is 14.8 Å². The van der Waals surface area contributed by atoms with E-state index in [-0.39, 0.29) is 5.41 Å². The van der Waals surface area contributed by atoms with Crippen LogP contribution in [0.3, 0.4) is 0 Å². The first-order valence-electron chi connectivity index (χ1n) is 11.6. The lowest BCUT2D eigenvalue weighted by Gasteiger charge is -2.59. The first-order chi connectivity index (χ1) is 13.9. The summed E-state index contributed by atoms with van der Waals surface area (Å²) in [6, 6.07) is 9.40. The number of hydrogen-bond acceptors (Lipinski definition) is 2. The maximum atomic E-state index is 4.33. The van der Waals surface area contributed by atoms with Crippen LogP contribution < -0.4 is 0 Å². The molecule has 6 rings (SSSR count). The van der Waals surface area contributed by atoms with Crippen molar-refractivity contribution in [2.24, 2.45) is 23.2 Å². The van der Waals surface area contributed by atoms with E-state index in [1.54, 1.807) is 0 Å². The van der Waals surface area contributed by atoms with Gasteiger partial charge in [0.2, 0.25) is 0 Å². The monoisotopic (exact) mass is 408 g/mol. The van der Waals surface area contributed by atoms with E-state index in [1.165, 1.54) is 49.7 Å². The van der Waals surface area contributed by atoms with Crippen molar-refractivity contribution in [3.8, 4) is 0 Å². The molecular weight excluding hydrogens is 372 g/mol. The fourth-order valence-corrected chi connectivity index (χ4v) is 8.38. The summed E-state index contributed by atoms with van der Waals surface area (Å²) >= 11 is 2.23. The Labute approximate surface area is 180 Å². The lowest BCUT2D eigenvalue weighted by atomic mass is 9.48. The summed E-state index contributed by atoms with van der Waals surface area (Å²) in [4.78, 5) is 4.33. The highest BCUT2D eigenvalue weighted by Crippen LogP contribution is 2.63. The smallest absolute Gasteiger partial charge is 0.0946 e. The van der Waals surface area contributed by atoms with Gasteiger partial charge in [-0.25, -0.2) is 4.98 Å². The molecule has 4 aliphatic carbocycles. The SMILES string of the molecule is CC(C)(C)c1ccc(CSC(Cn2ccnc2)C23CC4CC(CC(C4)C2)C3)cc1. The molecule has 4 aliphatic rings. The number of imidazole rings is 1. The van der Waals surface area contributed by atoms with Gasteiger partial charge in [-0.05, 0) is 78.2 Å². The largest absolute Gasteiger partial charge is 0.336 e. The fraction of sp³-hybridized carbons (Fsp3) is 0.654. The van der Waals surface area contributed by atoms with E-state index >= 15 is 0 Å². The lowest BCUT2D eigenvalue weighted by Crippen LogP contribution is -2.51. The van der Waals surface area contributed by atoms with Crippen molar-refractivity contribution >= 4 is 11.8 Å². The summed E-state index contributed by atoms with van der Waals surface area (Å²) in [5.74, 6) is 4.17. The standard InChI is InChI=1S/C26H36N2S/c1-25(2,3)23-6-4-19(5-7-23)17-29-24(16-28-9-8-27-18-28)26-13-20-10-21(14-26)12-22(11-20)15-26/h4-9,18,20-22,24H,10-17H2,1-3H3. The second-order valence-electron chi connectivity index (χ2n) is 11.3. The Balaban J connectivity index is 1.34. The highest BCUT2D eigenvalue weighted by molar-refractivity contribution is 7.99. The van der Waals surface area contributed by atoms with Crippen molar-refractivity contribution in [1.82, 2.24) is 9.55 Å². The number of aromatic nitrogens is 2. The third kappa shape index (κ3) is 4.04. The Morgan fingerprint density at radius 2 is 1.66 bits per heavy atom. The molecule has 156 valence electrons. The molecule has 4 bridgehead atoms. The molecule has 0 aliphatic heterocycles. The molecule has 1 atom stereocenters. The number of rotatable bonds is 6. The molecule has 29 heavy (non-hydrogen) atoms. The van der Waals surface area contributed by atoms with Gasteiger partial charge in [-0.15, -0.1) is 0 Å². The molecule has 4 saturated carbocycles. The zero-order valence-electron chi connectivity index (χ0n) is 18.3. The second-order valence-corrected chi connectivity index (χ2v) is 12.5. The molecule has 1 aromatic carbocycles. The van der Waals surface area contributed by atoms with Crippen LogP contribution in [0.4, 0.5) is 0 Å². The molecule has 1 aromatic heterocycles. The van der Waals surface area contributed by atoms with Crippen LogP contribution in [0.5, 0.6) is 0 Å². The molecule has 0 spiro atoms. The van der Waals surface area contributed by atoms with Gasteiger partial charge in [0.25, 0.3) is 0 Å². The Morgan fingerprint density at radius 3 is 2.17 bits per heavy atom. The fourth-order valence-electron chi connectivity index (χ4n) is 6.88. The minimum atomic E-state index is 0.231. The maximum Gasteiger partial charge on any atom is 0.0946 e. The van der Waals surface area contributed by atoms with Crippen molar-refractivity contribution in [3.63, 3.8) is 0 Å². The molecule has 1 unspecified atom stereocenters. The van der Waals surface area contributed by atoms with Crippen LogP contribution in [0.2, 0.25) is 0 Å². The zero-order chi connectivity index (χ0) is 20.1. The van der Waals surface area contributed by atoms with Gasteiger partial charge in [-0.1, -0.05) is 45.0 Å². The molecule has 3 heteroatoms. The Kier molecular flexibility index (Phi) is 5.09. The summed E-state index contributed by atoms with van der Waals surface area (Å²) in [5, 5.41) is 0.701. The molecule has 4 fully saturated rings. The van der Waals surface area contributed by atoms with Crippen molar-refractivity contribution in [3.05, 3.63) is 54.1 Å². The van der Waals surface area contributed by atoms with Gasteiger partial charge in [0.05, 0.1) is 6.33 Å². The van der Waals surface area contributed by atoms with Crippen LogP contribution >= 0.6 is 11.8 Å². The van der Waals surface area contributed by atoms with E-state index in [9.17, 15) is 0 Å². The van der Waals surface area contributed by atoms with E-state index in [1.807, 2.05) is 12.5 Å². The van der Waals surface area contributed by atoms with E-state index < -0.39 is 0 Å². The Morgan fingerprint density at radius 1 is 1.03 bits per heavy atom. The van der Waals surface area contributed by atoms with Gasteiger partial charge in [-0.2, -0.15) is 11.8 Å². The minimum Gasteiger partial charge on any atom is -0.336 e. The van der Waals surface area contributed by atoms with Gasteiger partial charge in [-0.3, -0.25) is 0 Å². The van der Waals surface area contributed by atoms with E-state index in [0.29, 0.717) is 10.7 Å². The van der Waals surface area contributed by atoms with Gasteiger partial charge in [0.1, 0.15) is 0 Å². The predicted octanol–water partition coefficient (Wildman–Crippen LogP) is 6.70. The number of thioether (sulfide) groups is 1. The normalized spacial score (nSPS) is 31.9. The molecular formula is C26H36N2S. The zero-order valence-corrected chi connectivity index (χ0v) is 19.1. The highest BCUT2D eigenvalue weighted by Gasteiger charge is 2.54. The van der Waals surface area contributed by atoms with Crippen molar-refractivity contribution in [2.75, 3.05) is 0 Å². The summed E-state index contributed by atoms with van der Waals surface area (Å²) in [6.07, 6.45) is 15.1. The highest BCUT2D eigenvalue weighted by atomic mass is 32.2. The van der Waals surface area contributed by atoms with Crippen LogP contribution in [-0.2, 0) is 17.7 Å². The van der Waals surface area contributed by atoms with Crippen molar-refractivity contribution in [1.29, 1.82) is 0 Å². The number of nitrogens with zero attached hydrogens (tertiary/aromatic N) is 2. The van der Waals surface area contributed by atoms with E-state index in [0.717, 1.165) is 30.1 Å². The molecule has 2 aromatic rings. The summed E-state index contributed by atoms with van der Waals surface area (Å²) in [7, 11) is 0. The predicted molar refractivity (Wildman–Crippen MR) is 123 cm³/mol. The third-order valence-corrected chi connectivity index (χ3v) is 9.53. The molecule has 2 nitrogen and oxygen atoms in total. The number of benzene rings is 1. The summed E-state index contributed by atoms with van der Waals surface area (Å²) in [5.41, 5.74) is 3.70. The van der Waals surface area contributed by atoms with Crippen LogP contribution in [0.15, 0.2) is 43.0 Å². The first kappa shape index (κ1) is 19.7. The lowest BCUT2D eigenvalue weighted by molar-refractivity contribution is -0.0553. The second kappa shape index (κ2) is 7.48. The van der Waals surface area contributed by atoms with E-state index in [4.69, 9.17) is 0 Å². The average Bonchev–Trinajstić information content (AvgIpc) is 3.17. The molecule has 1 heterocycles. The molecule has 0 N–H and O–H groups in total. The molecule has 0 amide bonds. The van der Waals surface area contributed by atoms with E-state index in [2.05, 4.69) is 72.5 Å². The minimum absolute atomic E-state index is 0.231. The topological polar surface area (TPSA) is 17.8 Å². The summed E-state index contributed by atoms with van der Waals surface area (Å²) in [6.45, 7) is 8.01. The van der Waals surface area contributed by atoms with Gasteiger partial charge in [0.15, 0.2) is 0 Å². The van der Waals surface area contributed by atoms with Gasteiger partial charge in [0, 0.05) is 29.9 Å². The third-order valence-electron chi connectivity index (χ3n) is 7.98. The Bertz CT molecular complexity index is 780. The average molecular weight is 409 g/mol. The van der Waals surface area contributed by atoms with Crippen LogP contribution in [0.1, 0.15) is 70.4 Å². The number of hydrogen-bond donors (Lipinski definition) is 0. The molecule has 0 saturated heterocycles. The van der Waals surface area contributed by atoms with Crippen molar-refractivity contribution < 1.29 is 0 Å². The van der Waals surface area contributed by atoms with Crippen LogP contribution in [0, 0.1) is 23.2 Å². The quantitative estimate of drug-likeness (QED) is 0.529. The maximum absolute atomic E-state index is 4.33. The van der Waals surface area contributed by atoms with Gasteiger partial charge >= 0.3 is 0 Å². The summed E-state index contributed by atoms with van der Waals surface area (Å²) < 4.78 is 2.33. The van der Waals surface area contributed by atoms with Crippen molar-refractivity contribution in [2.45, 2.75) is 82.3 Å². The first-order valence-corrected chi connectivity index (χ1v) is 12.6. The molecule has 0 radical (unpaired) electrons. The van der Waals surface area contributed by atoms with Crippen LogP contribution in [0.25, 0.3) is 0 Å².